The van der Waals surface area contributed by atoms with Crippen LogP contribution in [0.5, 0.6) is 0 Å². The van der Waals surface area contributed by atoms with E-state index in [0.29, 0.717) is 12.1 Å². The van der Waals surface area contributed by atoms with Gasteiger partial charge in [-0.25, -0.2) is 9.69 Å². The first-order valence-electron chi connectivity index (χ1n) is 5.93. The Morgan fingerprint density at radius 1 is 1.24 bits per heavy atom. The number of ether oxygens (including phenoxy) is 1. The van der Waals surface area contributed by atoms with Crippen molar-refractivity contribution in [3.05, 3.63) is 11.1 Å². The summed E-state index contributed by atoms with van der Waals surface area (Å²) in [7, 11) is 0. The number of carbonyl (C=O) groups is 2. The van der Waals surface area contributed by atoms with Crippen LogP contribution in [0.3, 0.4) is 0 Å². The number of hydrogen-bond acceptors (Lipinski definition) is 3. The summed E-state index contributed by atoms with van der Waals surface area (Å²) in [5, 5.41) is 0. The van der Waals surface area contributed by atoms with Gasteiger partial charge in [0.05, 0.1) is 6.54 Å². The molecular formula is C13H23NO3. The SMILES string of the molecule is CC.CC1=C(C)C(=O)N(C(=O)OC(C)(C)C)C1. The molecule has 4 nitrogen and oxygen atoms in total. The maximum Gasteiger partial charge on any atom is 0.417 e. The van der Waals surface area contributed by atoms with E-state index in [9.17, 15) is 9.59 Å². The summed E-state index contributed by atoms with van der Waals surface area (Å²) in [6, 6.07) is 0. The van der Waals surface area contributed by atoms with Crippen LogP contribution in [0.1, 0.15) is 48.5 Å². The van der Waals surface area contributed by atoms with E-state index in [4.69, 9.17) is 4.74 Å². The van der Waals surface area contributed by atoms with Crippen LogP contribution in [-0.2, 0) is 9.53 Å². The summed E-state index contributed by atoms with van der Waals surface area (Å²) in [4.78, 5) is 24.4. The maximum atomic E-state index is 11.6. The minimum atomic E-state index is -0.568. The van der Waals surface area contributed by atoms with Gasteiger partial charge in [-0.05, 0) is 40.2 Å². The minimum Gasteiger partial charge on any atom is -0.443 e. The highest BCUT2D eigenvalue weighted by atomic mass is 16.6. The van der Waals surface area contributed by atoms with Crippen molar-refractivity contribution >= 4 is 12.0 Å². The van der Waals surface area contributed by atoms with Gasteiger partial charge in [0, 0.05) is 5.57 Å². The van der Waals surface area contributed by atoms with Gasteiger partial charge in [0.1, 0.15) is 5.60 Å². The van der Waals surface area contributed by atoms with Crippen molar-refractivity contribution in [1.29, 1.82) is 0 Å². The van der Waals surface area contributed by atoms with E-state index in [1.807, 2.05) is 20.8 Å². The fourth-order valence-electron chi connectivity index (χ4n) is 1.28. The Kier molecular flexibility index (Phi) is 5.39. The molecular weight excluding hydrogens is 218 g/mol. The third-order valence-electron chi connectivity index (χ3n) is 2.22. The van der Waals surface area contributed by atoms with Gasteiger partial charge in [-0.15, -0.1) is 0 Å². The smallest absolute Gasteiger partial charge is 0.417 e. The highest BCUT2D eigenvalue weighted by Gasteiger charge is 2.33. The van der Waals surface area contributed by atoms with Crippen molar-refractivity contribution in [3.63, 3.8) is 0 Å². The highest BCUT2D eigenvalue weighted by Crippen LogP contribution is 2.20. The Morgan fingerprint density at radius 2 is 1.71 bits per heavy atom. The van der Waals surface area contributed by atoms with Gasteiger partial charge in [0.2, 0.25) is 0 Å². The summed E-state index contributed by atoms with van der Waals surface area (Å²) in [6.45, 7) is 13.2. The fraction of sp³-hybridized carbons (Fsp3) is 0.692. The Balaban J connectivity index is 0.00000121. The number of rotatable bonds is 0. The van der Waals surface area contributed by atoms with Gasteiger partial charge in [-0.3, -0.25) is 4.79 Å². The first kappa shape index (κ1) is 15.7. The van der Waals surface area contributed by atoms with Gasteiger partial charge in [0.15, 0.2) is 0 Å². The van der Waals surface area contributed by atoms with E-state index in [-0.39, 0.29) is 5.91 Å². The highest BCUT2D eigenvalue weighted by molar-refractivity contribution is 6.05. The second-order valence-electron chi connectivity index (χ2n) is 4.78. The van der Waals surface area contributed by atoms with Crippen LogP contribution in [0.4, 0.5) is 4.79 Å². The molecule has 1 aliphatic rings. The monoisotopic (exact) mass is 241 g/mol. The third-order valence-corrected chi connectivity index (χ3v) is 2.22. The van der Waals surface area contributed by atoms with Gasteiger partial charge in [-0.2, -0.15) is 0 Å². The molecule has 1 aliphatic heterocycles. The average Bonchev–Trinajstić information content (AvgIpc) is 2.47. The Bertz CT molecular complexity index is 337. The second kappa shape index (κ2) is 5.84. The predicted molar refractivity (Wildman–Crippen MR) is 67.7 cm³/mol. The molecule has 0 unspecified atom stereocenters. The van der Waals surface area contributed by atoms with Crippen LogP contribution in [-0.4, -0.2) is 29.0 Å². The molecule has 17 heavy (non-hydrogen) atoms. The molecule has 2 amide bonds. The van der Waals surface area contributed by atoms with Crippen LogP contribution in [0.25, 0.3) is 0 Å². The van der Waals surface area contributed by atoms with Crippen molar-refractivity contribution in [1.82, 2.24) is 4.90 Å². The van der Waals surface area contributed by atoms with Crippen LogP contribution in [0.2, 0.25) is 0 Å². The molecule has 0 saturated heterocycles. The van der Waals surface area contributed by atoms with Crippen molar-refractivity contribution in [2.45, 2.75) is 54.1 Å². The molecule has 0 saturated carbocycles. The van der Waals surface area contributed by atoms with Crippen LogP contribution in [0.15, 0.2) is 11.1 Å². The largest absolute Gasteiger partial charge is 0.443 e. The molecule has 0 atom stereocenters. The standard InChI is InChI=1S/C11H17NO3.C2H6/c1-7-6-12(9(13)8(7)2)10(14)15-11(3,4)5;1-2/h6H2,1-5H3;1-2H3. The van der Waals surface area contributed by atoms with Crippen molar-refractivity contribution in [2.75, 3.05) is 6.54 Å². The first-order valence-corrected chi connectivity index (χ1v) is 5.93. The maximum absolute atomic E-state index is 11.6. The number of amides is 2. The molecule has 1 rings (SSSR count). The van der Waals surface area contributed by atoms with E-state index in [0.717, 1.165) is 10.5 Å². The summed E-state index contributed by atoms with van der Waals surface area (Å²) >= 11 is 0. The number of carbonyl (C=O) groups excluding carboxylic acids is 2. The van der Waals surface area contributed by atoms with E-state index in [2.05, 4.69) is 0 Å². The molecule has 0 radical (unpaired) electrons. The summed E-state index contributed by atoms with van der Waals surface area (Å²) in [5.41, 5.74) is 0.994. The third kappa shape index (κ3) is 4.21. The van der Waals surface area contributed by atoms with Crippen LogP contribution in [0, 0.1) is 0 Å². The van der Waals surface area contributed by atoms with Crippen molar-refractivity contribution in [2.24, 2.45) is 0 Å². The Hall–Kier alpha value is -1.32. The lowest BCUT2D eigenvalue weighted by Gasteiger charge is -2.23. The molecule has 1 heterocycles. The molecule has 98 valence electrons. The quantitative estimate of drug-likeness (QED) is 0.654. The molecule has 0 aliphatic carbocycles. The molecule has 0 aromatic rings. The zero-order chi connectivity index (χ0) is 13.8. The van der Waals surface area contributed by atoms with E-state index in [1.165, 1.54) is 0 Å². The molecule has 0 bridgehead atoms. The molecule has 0 N–H and O–H groups in total. The van der Waals surface area contributed by atoms with E-state index in [1.54, 1.807) is 27.7 Å². The number of imide groups is 1. The number of hydrogen-bond donors (Lipinski definition) is 0. The van der Waals surface area contributed by atoms with Gasteiger partial charge >= 0.3 is 6.09 Å². The molecule has 0 spiro atoms. The molecule has 0 fully saturated rings. The van der Waals surface area contributed by atoms with E-state index < -0.39 is 11.7 Å². The molecule has 4 heteroatoms. The second-order valence-corrected chi connectivity index (χ2v) is 4.78. The Morgan fingerprint density at radius 3 is 2.00 bits per heavy atom. The summed E-state index contributed by atoms with van der Waals surface area (Å²) in [5.74, 6) is -0.248. The van der Waals surface area contributed by atoms with Crippen LogP contribution < -0.4 is 0 Å². The normalized spacial score (nSPS) is 15.7. The fourth-order valence-corrected chi connectivity index (χ4v) is 1.28. The van der Waals surface area contributed by atoms with Gasteiger partial charge in [0.25, 0.3) is 5.91 Å². The zero-order valence-electron chi connectivity index (χ0n) is 11.9. The van der Waals surface area contributed by atoms with Crippen molar-refractivity contribution in [3.8, 4) is 0 Å². The lowest BCUT2D eigenvalue weighted by Crippen LogP contribution is -2.38. The minimum absolute atomic E-state index is 0.248. The van der Waals surface area contributed by atoms with Crippen molar-refractivity contribution < 1.29 is 14.3 Å². The summed E-state index contributed by atoms with van der Waals surface area (Å²) < 4.78 is 5.13. The predicted octanol–water partition coefficient (Wildman–Crippen LogP) is 3.13. The summed E-state index contributed by atoms with van der Waals surface area (Å²) in [6.07, 6.45) is -0.566. The average molecular weight is 241 g/mol. The van der Waals surface area contributed by atoms with Crippen LogP contribution >= 0.6 is 0 Å². The number of nitrogens with zero attached hydrogens (tertiary/aromatic N) is 1. The Labute approximate surface area is 104 Å². The molecule has 0 aromatic carbocycles. The molecule has 0 aromatic heterocycles. The van der Waals surface area contributed by atoms with E-state index >= 15 is 0 Å². The topological polar surface area (TPSA) is 46.6 Å². The van der Waals surface area contributed by atoms with Gasteiger partial charge in [-0.1, -0.05) is 13.8 Å². The zero-order valence-corrected chi connectivity index (χ0v) is 11.9. The lowest BCUT2D eigenvalue weighted by atomic mass is 10.2. The van der Waals surface area contributed by atoms with Gasteiger partial charge < -0.3 is 4.74 Å². The first-order chi connectivity index (χ1) is 7.72. The lowest BCUT2D eigenvalue weighted by molar-refractivity contribution is -0.124.